The predicted molar refractivity (Wildman–Crippen MR) is 117 cm³/mol. The van der Waals surface area contributed by atoms with E-state index < -0.39 is 15.7 Å². The number of aryl methyl sites for hydroxylation is 3. The molecule has 0 aliphatic rings. The number of aromatic nitrogens is 3. The number of hydrogen-bond donors (Lipinski definition) is 0. The van der Waals surface area contributed by atoms with Gasteiger partial charge >= 0.3 is 0 Å². The maximum Gasteiger partial charge on any atom is 0.261 e. The molecule has 29 heavy (non-hydrogen) atoms. The molecule has 2 heterocycles. The van der Waals surface area contributed by atoms with E-state index in [2.05, 4.69) is 9.38 Å². The first kappa shape index (κ1) is 21.1. The van der Waals surface area contributed by atoms with Crippen LogP contribution < -0.4 is 5.56 Å². The lowest BCUT2D eigenvalue weighted by Gasteiger charge is -2.15. The van der Waals surface area contributed by atoms with Crippen molar-refractivity contribution in [2.24, 2.45) is 11.4 Å². The summed E-state index contributed by atoms with van der Waals surface area (Å²) in [6.45, 7) is 12.9. The smallest absolute Gasteiger partial charge is 0.261 e. The minimum absolute atomic E-state index is 0.181. The summed E-state index contributed by atoms with van der Waals surface area (Å²) in [5, 5.41) is 0.486. The average molecular weight is 415 g/mol. The van der Waals surface area contributed by atoms with Crippen LogP contribution in [0.25, 0.3) is 22.4 Å². The SMILES string of the molecule is C/C(=N/[S@](=O)C(C)(C)C)c1cc(C)cc2c(=O)n(C)c(-c3nc(C)oc3C)nc12. The van der Waals surface area contributed by atoms with Gasteiger partial charge in [-0.25, -0.2) is 14.2 Å². The zero-order chi connectivity index (χ0) is 21.7. The minimum atomic E-state index is -1.42. The molecule has 3 rings (SSSR count). The molecule has 0 unspecified atom stereocenters. The average Bonchev–Trinajstić information content (AvgIpc) is 2.95. The molecule has 0 fully saturated rings. The molecule has 0 bridgehead atoms. The van der Waals surface area contributed by atoms with Gasteiger partial charge in [-0.1, -0.05) is 0 Å². The van der Waals surface area contributed by atoms with Crippen molar-refractivity contribution in [3.05, 3.63) is 45.3 Å². The summed E-state index contributed by atoms with van der Waals surface area (Å²) >= 11 is 0. The third kappa shape index (κ3) is 3.94. The second-order valence-electron chi connectivity index (χ2n) is 8.18. The fourth-order valence-electron chi connectivity index (χ4n) is 3.05. The summed E-state index contributed by atoms with van der Waals surface area (Å²) in [7, 11) is 0.252. The Kier molecular flexibility index (Phi) is 5.34. The normalized spacial score (nSPS) is 13.9. The molecule has 0 amide bonds. The zero-order valence-corrected chi connectivity index (χ0v) is 18.9. The van der Waals surface area contributed by atoms with Gasteiger partial charge in [0, 0.05) is 19.5 Å². The molecule has 1 aromatic carbocycles. The molecule has 0 aliphatic heterocycles. The van der Waals surface area contributed by atoms with Gasteiger partial charge in [-0.2, -0.15) is 4.40 Å². The van der Waals surface area contributed by atoms with Crippen molar-refractivity contribution in [3.8, 4) is 11.5 Å². The van der Waals surface area contributed by atoms with E-state index in [4.69, 9.17) is 9.40 Å². The monoisotopic (exact) mass is 414 g/mol. The largest absolute Gasteiger partial charge is 0.446 e. The van der Waals surface area contributed by atoms with Gasteiger partial charge in [0.25, 0.3) is 5.56 Å². The van der Waals surface area contributed by atoms with E-state index in [-0.39, 0.29) is 5.56 Å². The van der Waals surface area contributed by atoms with E-state index in [1.165, 1.54) is 4.57 Å². The van der Waals surface area contributed by atoms with Crippen LogP contribution in [0.3, 0.4) is 0 Å². The van der Waals surface area contributed by atoms with E-state index in [1.54, 1.807) is 27.8 Å². The van der Waals surface area contributed by atoms with Gasteiger partial charge in [-0.05, 0) is 59.2 Å². The highest BCUT2D eigenvalue weighted by Gasteiger charge is 2.22. The molecule has 0 radical (unpaired) electrons. The molecule has 0 saturated carbocycles. The molecule has 7 nitrogen and oxygen atoms in total. The Morgan fingerprint density at radius 3 is 2.38 bits per heavy atom. The number of benzene rings is 1. The Hall–Kier alpha value is -2.61. The van der Waals surface area contributed by atoms with Crippen LogP contribution in [0.4, 0.5) is 0 Å². The van der Waals surface area contributed by atoms with Gasteiger partial charge in [-0.15, -0.1) is 0 Å². The van der Waals surface area contributed by atoms with E-state index in [0.717, 1.165) is 5.56 Å². The molecule has 1 atom stereocenters. The van der Waals surface area contributed by atoms with Gasteiger partial charge in [0.15, 0.2) is 11.7 Å². The summed E-state index contributed by atoms with van der Waals surface area (Å²) < 4.78 is 23.5. The van der Waals surface area contributed by atoms with Crippen LogP contribution >= 0.6 is 0 Å². The van der Waals surface area contributed by atoms with Gasteiger partial charge < -0.3 is 4.42 Å². The fourth-order valence-corrected chi connectivity index (χ4v) is 3.68. The molecule has 0 saturated heterocycles. The van der Waals surface area contributed by atoms with E-state index in [9.17, 15) is 9.00 Å². The van der Waals surface area contributed by atoms with Gasteiger partial charge in [0.1, 0.15) is 22.4 Å². The molecule has 0 aliphatic carbocycles. The van der Waals surface area contributed by atoms with Crippen molar-refractivity contribution < 1.29 is 8.63 Å². The topological polar surface area (TPSA) is 90.3 Å². The predicted octanol–water partition coefficient (Wildman–Crippen LogP) is 3.78. The second-order valence-corrected chi connectivity index (χ2v) is 10.1. The van der Waals surface area contributed by atoms with Crippen LogP contribution in [0.2, 0.25) is 0 Å². The number of hydrogen-bond acceptors (Lipinski definition) is 5. The Morgan fingerprint density at radius 1 is 1.17 bits per heavy atom. The number of rotatable bonds is 3. The highest BCUT2D eigenvalue weighted by atomic mass is 32.2. The van der Waals surface area contributed by atoms with E-state index in [0.29, 0.717) is 45.3 Å². The fraction of sp³-hybridized carbons (Fsp3) is 0.429. The second kappa shape index (κ2) is 7.33. The maximum atomic E-state index is 13.1. The minimum Gasteiger partial charge on any atom is -0.446 e. The first-order valence-corrected chi connectivity index (χ1v) is 10.4. The number of oxazole rings is 1. The lowest BCUT2D eigenvalue weighted by Crippen LogP contribution is -2.22. The van der Waals surface area contributed by atoms with Crippen molar-refractivity contribution in [2.75, 3.05) is 0 Å². The zero-order valence-electron chi connectivity index (χ0n) is 18.1. The summed E-state index contributed by atoms with van der Waals surface area (Å²) in [6.07, 6.45) is 0. The summed E-state index contributed by atoms with van der Waals surface area (Å²) in [5.41, 5.74) is 3.04. The molecule has 154 valence electrons. The van der Waals surface area contributed by atoms with Crippen LogP contribution in [0, 0.1) is 20.8 Å². The molecule has 0 spiro atoms. The van der Waals surface area contributed by atoms with Crippen LogP contribution in [0.5, 0.6) is 0 Å². The molecular weight excluding hydrogens is 388 g/mol. The molecule has 2 aromatic heterocycles. The quantitative estimate of drug-likeness (QED) is 0.608. The summed E-state index contributed by atoms with van der Waals surface area (Å²) in [5.74, 6) is 1.53. The van der Waals surface area contributed by atoms with Crippen LogP contribution in [-0.4, -0.2) is 29.2 Å². The van der Waals surface area contributed by atoms with Crippen molar-refractivity contribution in [1.29, 1.82) is 0 Å². The molecular formula is C21H26N4O3S. The Labute approximate surface area is 172 Å². The van der Waals surface area contributed by atoms with Crippen LogP contribution in [0.1, 0.15) is 50.5 Å². The third-order valence-electron chi connectivity index (χ3n) is 4.57. The van der Waals surface area contributed by atoms with Gasteiger partial charge in [-0.3, -0.25) is 9.36 Å². The van der Waals surface area contributed by atoms with Crippen LogP contribution in [-0.2, 0) is 18.0 Å². The lowest BCUT2D eigenvalue weighted by molar-refractivity contribution is 0.494. The molecule has 3 aromatic rings. The van der Waals surface area contributed by atoms with Crippen molar-refractivity contribution in [3.63, 3.8) is 0 Å². The van der Waals surface area contributed by atoms with E-state index >= 15 is 0 Å². The van der Waals surface area contributed by atoms with E-state index in [1.807, 2.05) is 39.8 Å². The molecule has 8 heteroatoms. The van der Waals surface area contributed by atoms with Crippen molar-refractivity contribution >= 4 is 27.6 Å². The highest BCUT2D eigenvalue weighted by molar-refractivity contribution is 7.85. The summed E-state index contributed by atoms with van der Waals surface area (Å²) in [4.78, 5) is 22.3. The van der Waals surface area contributed by atoms with Crippen molar-refractivity contribution in [1.82, 2.24) is 14.5 Å². The lowest BCUT2D eigenvalue weighted by atomic mass is 10.0. The number of fused-ring (bicyclic) bond motifs is 1. The first-order chi connectivity index (χ1) is 13.4. The third-order valence-corrected chi connectivity index (χ3v) is 6.06. The first-order valence-electron chi connectivity index (χ1n) is 9.33. The maximum absolute atomic E-state index is 13.1. The highest BCUT2D eigenvalue weighted by Crippen LogP contribution is 2.25. The van der Waals surface area contributed by atoms with Gasteiger partial charge in [0.2, 0.25) is 0 Å². The number of nitrogens with zero attached hydrogens (tertiary/aromatic N) is 4. The molecule has 0 N–H and O–H groups in total. The Balaban J connectivity index is 2.35. The van der Waals surface area contributed by atoms with Gasteiger partial charge in [0.05, 0.1) is 21.4 Å². The standard InChI is InChI=1S/C21H26N4O3S/c1-11-9-15(12(2)24-29(27)21(5,6)7)18-16(10-11)20(26)25(8)19(23-18)17-13(3)28-14(4)22-17/h9-10H,1-8H3/b24-12-/t29-/m1/s1. The Bertz CT molecular complexity index is 1230. The summed E-state index contributed by atoms with van der Waals surface area (Å²) in [6, 6.07) is 3.73. The Morgan fingerprint density at radius 2 is 1.83 bits per heavy atom. The van der Waals surface area contributed by atoms with Crippen molar-refractivity contribution in [2.45, 2.75) is 53.2 Å². The van der Waals surface area contributed by atoms with Crippen LogP contribution in [0.15, 0.2) is 25.7 Å².